The van der Waals surface area contributed by atoms with Gasteiger partial charge >= 0.3 is 0 Å². The van der Waals surface area contributed by atoms with Gasteiger partial charge in [0.25, 0.3) is 0 Å². The van der Waals surface area contributed by atoms with Crippen molar-refractivity contribution in [2.24, 2.45) is 0 Å². The number of nitrogens with zero attached hydrogens (tertiary/aromatic N) is 1. The maximum absolute atomic E-state index is 6.17. The highest BCUT2D eigenvalue weighted by Crippen LogP contribution is 2.22. The molecule has 2 rings (SSSR count). The van der Waals surface area contributed by atoms with Gasteiger partial charge < -0.3 is 5.32 Å². The van der Waals surface area contributed by atoms with Crippen LogP contribution in [0.25, 0.3) is 0 Å². The van der Waals surface area contributed by atoms with Gasteiger partial charge in [-0.1, -0.05) is 29.8 Å². The van der Waals surface area contributed by atoms with Crippen LogP contribution in [0.5, 0.6) is 0 Å². The van der Waals surface area contributed by atoms with E-state index in [1.165, 1.54) is 0 Å². The van der Waals surface area contributed by atoms with Crippen LogP contribution in [-0.4, -0.2) is 4.98 Å². The highest BCUT2D eigenvalue weighted by atomic mass is 79.9. The molecule has 1 heterocycles. The summed E-state index contributed by atoms with van der Waals surface area (Å²) in [6.45, 7) is 2.87. The number of rotatable bonds is 4. The van der Waals surface area contributed by atoms with Gasteiger partial charge in [-0.05, 0) is 46.1 Å². The summed E-state index contributed by atoms with van der Waals surface area (Å²) in [6, 6.07) is 10.2. The van der Waals surface area contributed by atoms with Gasteiger partial charge in [-0.15, -0.1) is 0 Å². The molecule has 94 valence electrons. The summed E-state index contributed by atoms with van der Waals surface area (Å²) >= 11 is 9.58. The molecule has 1 aromatic carbocycles. The summed E-state index contributed by atoms with van der Waals surface area (Å²) in [5.74, 6) is 0. The minimum atomic E-state index is 0.206. The first-order chi connectivity index (χ1) is 8.66. The fraction of sp³-hybridized carbons (Fsp3) is 0.214. The summed E-state index contributed by atoms with van der Waals surface area (Å²) in [5, 5.41) is 4.23. The lowest BCUT2D eigenvalue weighted by molar-refractivity contribution is 0.574. The summed E-state index contributed by atoms with van der Waals surface area (Å²) in [7, 11) is 0. The minimum absolute atomic E-state index is 0.206. The predicted octanol–water partition coefficient (Wildman–Crippen LogP) is 4.35. The van der Waals surface area contributed by atoms with Crippen LogP contribution in [0, 0.1) is 0 Å². The predicted molar refractivity (Wildman–Crippen MR) is 78.6 cm³/mol. The maximum Gasteiger partial charge on any atom is 0.0453 e. The first-order valence-corrected chi connectivity index (χ1v) is 6.91. The Morgan fingerprint density at radius 1 is 1.33 bits per heavy atom. The smallest absolute Gasteiger partial charge is 0.0453 e. The molecule has 4 heteroatoms. The molecular formula is C14H14BrClN2. The van der Waals surface area contributed by atoms with E-state index in [0.717, 1.165) is 27.2 Å². The summed E-state index contributed by atoms with van der Waals surface area (Å²) < 4.78 is 0.993. The van der Waals surface area contributed by atoms with E-state index < -0.39 is 0 Å². The highest BCUT2D eigenvalue weighted by Gasteiger charge is 2.08. The molecule has 18 heavy (non-hydrogen) atoms. The first-order valence-electron chi connectivity index (χ1n) is 5.74. The highest BCUT2D eigenvalue weighted by molar-refractivity contribution is 9.10. The second-order valence-corrected chi connectivity index (χ2v) is 5.46. The molecule has 0 unspecified atom stereocenters. The van der Waals surface area contributed by atoms with E-state index in [0.29, 0.717) is 0 Å². The molecule has 0 radical (unpaired) electrons. The quantitative estimate of drug-likeness (QED) is 0.904. The van der Waals surface area contributed by atoms with Crippen molar-refractivity contribution in [3.8, 4) is 0 Å². The Hall–Kier alpha value is -0.900. The minimum Gasteiger partial charge on any atom is -0.306 e. The Morgan fingerprint density at radius 2 is 2.11 bits per heavy atom. The van der Waals surface area contributed by atoms with E-state index >= 15 is 0 Å². The van der Waals surface area contributed by atoms with Crippen molar-refractivity contribution in [3.05, 3.63) is 63.3 Å². The molecule has 0 saturated carbocycles. The molecule has 2 aromatic rings. The average molecular weight is 326 g/mol. The second kappa shape index (κ2) is 6.32. The zero-order chi connectivity index (χ0) is 13.0. The Labute approximate surface area is 121 Å². The number of nitrogens with one attached hydrogen (secondary N) is 1. The van der Waals surface area contributed by atoms with E-state index in [-0.39, 0.29) is 6.04 Å². The van der Waals surface area contributed by atoms with Crippen molar-refractivity contribution in [2.75, 3.05) is 0 Å². The van der Waals surface area contributed by atoms with E-state index in [9.17, 15) is 0 Å². The third kappa shape index (κ3) is 3.55. The zero-order valence-corrected chi connectivity index (χ0v) is 12.4. The van der Waals surface area contributed by atoms with E-state index in [4.69, 9.17) is 11.6 Å². The van der Waals surface area contributed by atoms with Crippen molar-refractivity contribution in [1.82, 2.24) is 10.3 Å². The van der Waals surface area contributed by atoms with Crippen LogP contribution < -0.4 is 5.32 Å². The normalized spacial score (nSPS) is 12.4. The second-order valence-electron chi connectivity index (χ2n) is 4.14. The van der Waals surface area contributed by atoms with Crippen LogP contribution in [0.3, 0.4) is 0 Å². The zero-order valence-electron chi connectivity index (χ0n) is 10.0. The van der Waals surface area contributed by atoms with Gasteiger partial charge in [-0.25, -0.2) is 0 Å². The van der Waals surface area contributed by atoms with Gasteiger partial charge in [0.2, 0.25) is 0 Å². The number of pyridine rings is 1. The van der Waals surface area contributed by atoms with Gasteiger partial charge in [-0.3, -0.25) is 4.98 Å². The Kier molecular flexibility index (Phi) is 4.75. The lowest BCUT2D eigenvalue weighted by Gasteiger charge is -2.15. The third-order valence-electron chi connectivity index (χ3n) is 2.75. The Balaban J connectivity index is 2.00. The van der Waals surface area contributed by atoms with Crippen LogP contribution in [0.4, 0.5) is 0 Å². The van der Waals surface area contributed by atoms with Crippen LogP contribution >= 0.6 is 27.5 Å². The van der Waals surface area contributed by atoms with Crippen LogP contribution in [-0.2, 0) is 6.54 Å². The number of halogens is 2. The molecule has 0 fully saturated rings. The van der Waals surface area contributed by atoms with Crippen molar-refractivity contribution in [1.29, 1.82) is 0 Å². The molecule has 0 amide bonds. The molecule has 1 aromatic heterocycles. The van der Waals surface area contributed by atoms with Crippen molar-refractivity contribution < 1.29 is 0 Å². The van der Waals surface area contributed by atoms with Crippen LogP contribution in [0.2, 0.25) is 5.02 Å². The van der Waals surface area contributed by atoms with Gasteiger partial charge in [0.1, 0.15) is 0 Å². The molecule has 1 atom stereocenters. The number of hydrogen-bond acceptors (Lipinski definition) is 2. The SMILES string of the molecule is C[C@@H](NCc1cncc(Br)c1)c1ccccc1Cl. The first kappa shape index (κ1) is 13.5. The maximum atomic E-state index is 6.17. The van der Waals surface area contributed by atoms with Gasteiger partial charge in [0, 0.05) is 34.5 Å². The topological polar surface area (TPSA) is 24.9 Å². The monoisotopic (exact) mass is 324 g/mol. The lowest BCUT2D eigenvalue weighted by atomic mass is 10.1. The summed E-state index contributed by atoms with van der Waals surface area (Å²) in [6.07, 6.45) is 3.64. The van der Waals surface area contributed by atoms with E-state index in [2.05, 4.69) is 39.2 Å². The number of hydrogen-bond donors (Lipinski definition) is 1. The molecule has 0 aliphatic heterocycles. The number of benzene rings is 1. The van der Waals surface area contributed by atoms with Crippen LogP contribution in [0.1, 0.15) is 24.1 Å². The lowest BCUT2D eigenvalue weighted by Crippen LogP contribution is -2.18. The molecule has 0 aliphatic rings. The summed E-state index contributed by atoms with van der Waals surface area (Å²) in [4.78, 5) is 4.14. The average Bonchev–Trinajstić information content (AvgIpc) is 2.37. The van der Waals surface area contributed by atoms with Crippen molar-refractivity contribution >= 4 is 27.5 Å². The van der Waals surface area contributed by atoms with Crippen LogP contribution in [0.15, 0.2) is 47.2 Å². The molecule has 0 bridgehead atoms. The van der Waals surface area contributed by atoms with Crippen molar-refractivity contribution in [2.45, 2.75) is 19.5 Å². The molecule has 0 aliphatic carbocycles. The molecule has 2 nitrogen and oxygen atoms in total. The molecular weight excluding hydrogens is 312 g/mol. The summed E-state index contributed by atoms with van der Waals surface area (Å²) in [5.41, 5.74) is 2.26. The van der Waals surface area contributed by atoms with Crippen molar-refractivity contribution in [3.63, 3.8) is 0 Å². The van der Waals surface area contributed by atoms with E-state index in [1.807, 2.05) is 30.5 Å². The fourth-order valence-electron chi connectivity index (χ4n) is 1.76. The fourth-order valence-corrected chi connectivity index (χ4v) is 2.47. The largest absolute Gasteiger partial charge is 0.306 e. The molecule has 0 saturated heterocycles. The van der Waals surface area contributed by atoms with Gasteiger partial charge in [0.05, 0.1) is 0 Å². The van der Waals surface area contributed by atoms with E-state index in [1.54, 1.807) is 6.20 Å². The third-order valence-corrected chi connectivity index (χ3v) is 3.52. The Morgan fingerprint density at radius 3 is 2.83 bits per heavy atom. The molecule has 0 spiro atoms. The molecule has 1 N–H and O–H groups in total. The number of aromatic nitrogens is 1. The van der Waals surface area contributed by atoms with Gasteiger partial charge in [-0.2, -0.15) is 0 Å². The van der Waals surface area contributed by atoms with Gasteiger partial charge in [0.15, 0.2) is 0 Å². The Bertz CT molecular complexity index is 531. The standard InChI is InChI=1S/C14H14BrClN2/c1-10(13-4-2-3-5-14(13)16)18-8-11-6-12(15)9-17-7-11/h2-7,9-10,18H,8H2,1H3/t10-/m1/s1.